The van der Waals surface area contributed by atoms with Crippen LogP contribution in [-0.4, -0.2) is 50.1 Å². The fourth-order valence-electron chi connectivity index (χ4n) is 2.16. The Morgan fingerprint density at radius 3 is 2.81 bits per heavy atom. The van der Waals surface area contributed by atoms with Crippen molar-refractivity contribution in [2.24, 2.45) is 0 Å². The van der Waals surface area contributed by atoms with Gasteiger partial charge in [0.2, 0.25) is 5.91 Å². The summed E-state index contributed by atoms with van der Waals surface area (Å²) in [7, 11) is 1.79. The van der Waals surface area contributed by atoms with Gasteiger partial charge < -0.3 is 10.6 Å². The highest BCUT2D eigenvalue weighted by Crippen LogP contribution is 2.15. The lowest BCUT2D eigenvalue weighted by molar-refractivity contribution is -0.120. The molecule has 1 heterocycles. The van der Waals surface area contributed by atoms with Gasteiger partial charge in [0.1, 0.15) is 0 Å². The third kappa shape index (κ3) is 5.14. The minimum absolute atomic E-state index is 0. The van der Waals surface area contributed by atoms with Crippen LogP contribution in [0.5, 0.6) is 0 Å². The van der Waals surface area contributed by atoms with Crippen molar-refractivity contribution in [3.8, 4) is 0 Å². The van der Waals surface area contributed by atoms with E-state index in [2.05, 4.69) is 22.5 Å². The Bertz CT molecular complexity index is 202. The molecule has 1 atom stereocenters. The minimum atomic E-state index is 0. The largest absolute Gasteiger partial charge is 0.353 e. The topological polar surface area (TPSA) is 44.4 Å². The van der Waals surface area contributed by atoms with Crippen LogP contribution in [0.15, 0.2) is 0 Å². The minimum Gasteiger partial charge on any atom is -0.353 e. The highest BCUT2D eigenvalue weighted by molar-refractivity contribution is 5.85. The molecule has 1 amide bonds. The van der Waals surface area contributed by atoms with Crippen LogP contribution >= 0.6 is 12.4 Å². The van der Waals surface area contributed by atoms with E-state index < -0.39 is 0 Å². The summed E-state index contributed by atoms with van der Waals surface area (Å²) in [5, 5.41) is 5.83. The number of amides is 1. The third-order valence-electron chi connectivity index (χ3n) is 3.03. The zero-order chi connectivity index (χ0) is 11.1. The van der Waals surface area contributed by atoms with Crippen LogP contribution in [0.4, 0.5) is 0 Å². The Kier molecular flexibility index (Phi) is 8.61. The molecule has 96 valence electrons. The molecule has 1 unspecified atom stereocenters. The van der Waals surface area contributed by atoms with Gasteiger partial charge >= 0.3 is 0 Å². The molecule has 0 radical (unpaired) electrons. The summed E-state index contributed by atoms with van der Waals surface area (Å²) in [5.74, 6) is 0.0964. The maximum atomic E-state index is 11.3. The first-order chi connectivity index (χ1) is 7.27. The van der Waals surface area contributed by atoms with Gasteiger partial charge in [0.15, 0.2) is 0 Å². The van der Waals surface area contributed by atoms with Gasteiger partial charge in [-0.3, -0.25) is 9.69 Å². The van der Waals surface area contributed by atoms with Crippen molar-refractivity contribution < 1.29 is 4.79 Å². The Morgan fingerprint density at radius 1 is 1.44 bits per heavy atom. The predicted octanol–water partition coefficient (Wildman–Crippen LogP) is 0.618. The number of nitrogens with zero attached hydrogens (tertiary/aromatic N) is 1. The second-order valence-electron chi connectivity index (χ2n) is 4.11. The number of likely N-dealkylation sites (N-methyl/N-ethyl adjacent to an activating group) is 2. The summed E-state index contributed by atoms with van der Waals surface area (Å²) in [4.78, 5) is 13.8. The SMILES string of the molecule is CCN1CCCCC1CNC(=O)CNC.Cl. The first-order valence-electron chi connectivity index (χ1n) is 5.93. The number of hydrogen-bond acceptors (Lipinski definition) is 3. The van der Waals surface area contributed by atoms with Gasteiger partial charge in [0.25, 0.3) is 0 Å². The number of hydrogen-bond donors (Lipinski definition) is 2. The molecule has 0 aliphatic carbocycles. The van der Waals surface area contributed by atoms with Crippen LogP contribution in [0.3, 0.4) is 0 Å². The van der Waals surface area contributed by atoms with Crippen molar-refractivity contribution in [2.75, 3.05) is 33.2 Å². The molecule has 0 aromatic heterocycles. The van der Waals surface area contributed by atoms with Gasteiger partial charge in [-0.05, 0) is 33.0 Å². The lowest BCUT2D eigenvalue weighted by Gasteiger charge is -2.34. The van der Waals surface area contributed by atoms with Crippen LogP contribution in [0.1, 0.15) is 26.2 Å². The number of halogens is 1. The van der Waals surface area contributed by atoms with E-state index in [1.807, 2.05) is 0 Å². The van der Waals surface area contributed by atoms with Crippen molar-refractivity contribution in [1.82, 2.24) is 15.5 Å². The van der Waals surface area contributed by atoms with Gasteiger partial charge in [-0.2, -0.15) is 0 Å². The van der Waals surface area contributed by atoms with Crippen LogP contribution in [0.2, 0.25) is 0 Å². The average molecular weight is 250 g/mol. The van der Waals surface area contributed by atoms with E-state index in [1.165, 1.54) is 25.8 Å². The molecule has 0 saturated carbocycles. The van der Waals surface area contributed by atoms with E-state index in [1.54, 1.807) is 7.05 Å². The molecule has 1 aliphatic heterocycles. The number of carbonyl (C=O) groups is 1. The van der Waals surface area contributed by atoms with E-state index in [-0.39, 0.29) is 18.3 Å². The molecule has 16 heavy (non-hydrogen) atoms. The molecule has 0 aromatic carbocycles. The quantitative estimate of drug-likeness (QED) is 0.751. The van der Waals surface area contributed by atoms with Crippen molar-refractivity contribution in [3.05, 3.63) is 0 Å². The Morgan fingerprint density at radius 2 is 2.19 bits per heavy atom. The van der Waals surface area contributed by atoms with Crippen molar-refractivity contribution >= 4 is 18.3 Å². The molecule has 2 N–H and O–H groups in total. The van der Waals surface area contributed by atoms with Gasteiger partial charge in [0, 0.05) is 12.6 Å². The molecule has 1 rings (SSSR count). The summed E-state index contributed by atoms with van der Waals surface area (Å²) in [6, 6.07) is 0.546. The second-order valence-corrected chi connectivity index (χ2v) is 4.11. The molecular weight excluding hydrogens is 226 g/mol. The first kappa shape index (κ1) is 15.7. The second kappa shape index (κ2) is 8.79. The third-order valence-corrected chi connectivity index (χ3v) is 3.03. The number of carbonyl (C=O) groups excluding carboxylic acids is 1. The van der Waals surface area contributed by atoms with Crippen molar-refractivity contribution in [1.29, 1.82) is 0 Å². The summed E-state index contributed by atoms with van der Waals surface area (Å²) < 4.78 is 0. The summed E-state index contributed by atoms with van der Waals surface area (Å²) in [6.07, 6.45) is 3.81. The van der Waals surface area contributed by atoms with Crippen molar-refractivity contribution in [3.63, 3.8) is 0 Å². The maximum Gasteiger partial charge on any atom is 0.234 e. The van der Waals surface area contributed by atoms with Crippen LogP contribution in [0.25, 0.3) is 0 Å². The maximum absolute atomic E-state index is 11.3. The number of likely N-dealkylation sites (tertiary alicyclic amines) is 1. The molecule has 1 aliphatic rings. The zero-order valence-electron chi connectivity index (χ0n) is 10.3. The predicted molar refractivity (Wildman–Crippen MR) is 69.1 cm³/mol. The van der Waals surface area contributed by atoms with E-state index in [4.69, 9.17) is 0 Å². The van der Waals surface area contributed by atoms with Gasteiger partial charge in [-0.1, -0.05) is 13.3 Å². The van der Waals surface area contributed by atoms with Gasteiger partial charge in [-0.15, -0.1) is 12.4 Å². The lowest BCUT2D eigenvalue weighted by atomic mass is 10.0. The number of nitrogens with one attached hydrogen (secondary N) is 2. The van der Waals surface area contributed by atoms with Gasteiger partial charge in [-0.25, -0.2) is 0 Å². The monoisotopic (exact) mass is 249 g/mol. The molecule has 0 spiro atoms. The van der Waals surface area contributed by atoms with E-state index in [0.717, 1.165) is 13.1 Å². The number of rotatable bonds is 5. The average Bonchev–Trinajstić information content (AvgIpc) is 2.27. The van der Waals surface area contributed by atoms with Crippen molar-refractivity contribution in [2.45, 2.75) is 32.2 Å². The standard InChI is InChI=1S/C11H23N3O.ClH/c1-3-14-7-5-4-6-10(14)8-13-11(15)9-12-2;/h10,12H,3-9H2,1-2H3,(H,13,15);1H. The number of piperidine rings is 1. The fraction of sp³-hybridized carbons (Fsp3) is 0.909. The normalized spacial score (nSPS) is 21.2. The fourth-order valence-corrected chi connectivity index (χ4v) is 2.16. The molecule has 1 saturated heterocycles. The van der Waals surface area contributed by atoms with E-state index in [0.29, 0.717) is 12.6 Å². The van der Waals surface area contributed by atoms with E-state index >= 15 is 0 Å². The van der Waals surface area contributed by atoms with Gasteiger partial charge in [0.05, 0.1) is 6.54 Å². The lowest BCUT2D eigenvalue weighted by Crippen LogP contribution is -2.47. The summed E-state index contributed by atoms with van der Waals surface area (Å²) in [6.45, 7) is 5.68. The molecule has 5 heteroatoms. The smallest absolute Gasteiger partial charge is 0.234 e. The Hall–Kier alpha value is -0.320. The Labute approximate surface area is 105 Å². The molecule has 1 fully saturated rings. The molecule has 4 nitrogen and oxygen atoms in total. The first-order valence-corrected chi connectivity index (χ1v) is 5.93. The molecule has 0 aromatic rings. The molecular formula is C11H24ClN3O. The highest BCUT2D eigenvalue weighted by atomic mass is 35.5. The summed E-state index contributed by atoms with van der Waals surface area (Å²) >= 11 is 0. The van der Waals surface area contributed by atoms with Crippen LogP contribution in [-0.2, 0) is 4.79 Å². The van der Waals surface area contributed by atoms with E-state index in [9.17, 15) is 4.79 Å². The van der Waals surface area contributed by atoms with Crippen LogP contribution < -0.4 is 10.6 Å². The highest BCUT2D eigenvalue weighted by Gasteiger charge is 2.20. The zero-order valence-corrected chi connectivity index (χ0v) is 11.1. The Balaban J connectivity index is 0.00000225. The molecule has 0 bridgehead atoms. The summed E-state index contributed by atoms with van der Waals surface area (Å²) in [5.41, 5.74) is 0. The van der Waals surface area contributed by atoms with Crippen LogP contribution in [0, 0.1) is 0 Å².